The molecule has 0 fully saturated rings. The van der Waals surface area contributed by atoms with Gasteiger partial charge in [-0.2, -0.15) is 0 Å². The monoisotopic (exact) mass is 942 g/mol. The van der Waals surface area contributed by atoms with E-state index in [4.69, 9.17) is 9.97 Å². The van der Waals surface area contributed by atoms with E-state index in [-0.39, 0.29) is 0 Å². The summed E-state index contributed by atoms with van der Waals surface area (Å²) in [6.45, 7) is 3.94. The van der Waals surface area contributed by atoms with Crippen LogP contribution in [0.25, 0.3) is 129 Å². The Morgan fingerprint density at radius 1 is 0.176 bits per heavy atom. The topological polar surface area (TPSA) is 25.8 Å². The SMILES string of the molecule is C=Cc1ccc(-c2ccc(-c3nc(-c4ccc(-c5ccc(-c6ccccc6)cc5)cc4)c(-c4ccc(-c5ccc(-c6ccccc6)cc5)cc4)nc3-c3ccc(-c4ccc(-c5ccccc5)cc4)cc3)cc2)cc1. The van der Waals surface area contributed by atoms with Gasteiger partial charge in [0.15, 0.2) is 0 Å². The summed E-state index contributed by atoms with van der Waals surface area (Å²) < 4.78 is 0. The van der Waals surface area contributed by atoms with Crippen LogP contribution in [0.4, 0.5) is 0 Å². The first-order valence-electron chi connectivity index (χ1n) is 25.1. The van der Waals surface area contributed by atoms with E-state index >= 15 is 0 Å². The molecule has 0 amide bonds. The molecule has 2 nitrogen and oxygen atoms in total. The fraction of sp³-hybridized carbons (Fsp3) is 0. The Hall–Kier alpha value is -9.76. The normalized spacial score (nSPS) is 11.0. The molecule has 0 aliphatic heterocycles. The first-order chi connectivity index (χ1) is 36.6. The zero-order valence-electron chi connectivity index (χ0n) is 40.8. The summed E-state index contributed by atoms with van der Waals surface area (Å²) in [6.07, 6.45) is 1.87. The molecular weight excluding hydrogens is 893 g/mol. The molecule has 74 heavy (non-hydrogen) atoms. The van der Waals surface area contributed by atoms with E-state index < -0.39 is 0 Å². The van der Waals surface area contributed by atoms with Gasteiger partial charge in [-0.1, -0.05) is 298 Å². The maximum atomic E-state index is 5.71. The molecule has 348 valence electrons. The Kier molecular flexibility index (Phi) is 12.6. The molecule has 12 aromatic rings. The minimum Gasteiger partial charge on any atom is -0.243 e. The molecule has 12 rings (SSSR count). The van der Waals surface area contributed by atoms with Crippen LogP contribution in [0.15, 0.2) is 292 Å². The molecule has 0 spiro atoms. The summed E-state index contributed by atoms with van der Waals surface area (Å²) in [5, 5.41) is 0. The van der Waals surface area contributed by atoms with Crippen molar-refractivity contribution in [3.8, 4) is 123 Å². The minimum absolute atomic E-state index is 0.813. The molecular formula is C72H50N2. The van der Waals surface area contributed by atoms with Crippen molar-refractivity contribution < 1.29 is 0 Å². The molecule has 0 bridgehead atoms. The predicted octanol–water partition coefficient (Wildman–Crippen LogP) is 19.5. The van der Waals surface area contributed by atoms with Crippen molar-refractivity contribution in [3.63, 3.8) is 0 Å². The largest absolute Gasteiger partial charge is 0.243 e. The van der Waals surface area contributed by atoms with E-state index in [0.717, 1.165) is 95.1 Å². The molecule has 0 unspecified atom stereocenters. The van der Waals surface area contributed by atoms with Crippen LogP contribution >= 0.6 is 0 Å². The van der Waals surface area contributed by atoms with E-state index in [9.17, 15) is 0 Å². The van der Waals surface area contributed by atoms with Crippen molar-refractivity contribution in [2.45, 2.75) is 0 Å². The molecule has 2 heteroatoms. The highest BCUT2D eigenvalue weighted by Crippen LogP contribution is 2.40. The molecule has 0 saturated heterocycles. The molecule has 0 atom stereocenters. The van der Waals surface area contributed by atoms with Crippen molar-refractivity contribution in [2.24, 2.45) is 0 Å². The summed E-state index contributed by atoms with van der Waals surface area (Å²) in [5.41, 5.74) is 24.6. The van der Waals surface area contributed by atoms with E-state index in [0.29, 0.717) is 0 Å². The van der Waals surface area contributed by atoms with Crippen LogP contribution in [0, 0.1) is 0 Å². The molecule has 1 heterocycles. The van der Waals surface area contributed by atoms with E-state index in [1.807, 2.05) is 6.08 Å². The standard InChI is InChI=1S/C72H50N2/c1-2-50-18-20-54(21-19-50)61-34-42-65(43-35-61)69-70(66-44-36-62(37-45-66)58-28-22-55(23-29-58)51-12-6-3-7-13-51)74-72(68-48-40-64(41-49-68)60-32-26-57(27-33-60)53-16-10-5-11-17-53)71(73-69)67-46-38-63(39-47-67)59-30-24-56(25-31-59)52-14-8-4-9-15-52/h2-49H,1H2. The fourth-order valence-corrected chi connectivity index (χ4v) is 9.79. The number of hydrogen-bond acceptors (Lipinski definition) is 2. The maximum Gasteiger partial charge on any atom is 0.0973 e. The van der Waals surface area contributed by atoms with Crippen molar-refractivity contribution in [2.75, 3.05) is 0 Å². The van der Waals surface area contributed by atoms with Crippen LogP contribution in [0.5, 0.6) is 0 Å². The van der Waals surface area contributed by atoms with Crippen LogP contribution in [0.3, 0.4) is 0 Å². The first-order valence-corrected chi connectivity index (χ1v) is 25.1. The van der Waals surface area contributed by atoms with Crippen molar-refractivity contribution in [3.05, 3.63) is 297 Å². The Balaban J connectivity index is 0.964. The van der Waals surface area contributed by atoms with Gasteiger partial charge < -0.3 is 0 Å². The molecule has 0 aliphatic rings. The fourth-order valence-electron chi connectivity index (χ4n) is 9.79. The van der Waals surface area contributed by atoms with Gasteiger partial charge in [0.1, 0.15) is 0 Å². The van der Waals surface area contributed by atoms with Crippen LogP contribution in [0.1, 0.15) is 5.56 Å². The average molecular weight is 943 g/mol. The summed E-state index contributed by atoms with van der Waals surface area (Å²) in [6, 6.07) is 101. The third kappa shape index (κ3) is 9.56. The second-order valence-corrected chi connectivity index (χ2v) is 18.6. The zero-order chi connectivity index (χ0) is 49.6. The first kappa shape index (κ1) is 45.4. The van der Waals surface area contributed by atoms with Crippen LogP contribution in [-0.4, -0.2) is 9.97 Å². The number of rotatable bonds is 12. The lowest BCUT2D eigenvalue weighted by atomic mass is 9.95. The lowest BCUT2D eigenvalue weighted by Crippen LogP contribution is -2.01. The third-order valence-corrected chi connectivity index (χ3v) is 14.0. The van der Waals surface area contributed by atoms with Gasteiger partial charge in [-0.05, 0) is 83.5 Å². The molecule has 0 N–H and O–H groups in total. The van der Waals surface area contributed by atoms with Gasteiger partial charge in [0.05, 0.1) is 22.8 Å². The van der Waals surface area contributed by atoms with Gasteiger partial charge in [-0.3, -0.25) is 0 Å². The van der Waals surface area contributed by atoms with Crippen LogP contribution in [0.2, 0.25) is 0 Å². The second kappa shape index (κ2) is 20.5. The van der Waals surface area contributed by atoms with Gasteiger partial charge in [0.25, 0.3) is 0 Å². The highest BCUT2D eigenvalue weighted by Gasteiger charge is 2.21. The van der Waals surface area contributed by atoms with Gasteiger partial charge in [0.2, 0.25) is 0 Å². The number of benzene rings is 11. The Morgan fingerprint density at radius 3 is 0.500 bits per heavy atom. The molecule has 0 radical (unpaired) electrons. The van der Waals surface area contributed by atoms with Crippen molar-refractivity contribution >= 4 is 6.08 Å². The Labute approximate surface area is 434 Å². The highest BCUT2D eigenvalue weighted by molar-refractivity contribution is 5.89. The number of nitrogens with zero attached hydrogens (tertiary/aromatic N) is 2. The highest BCUT2D eigenvalue weighted by atomic mass is 14.9. The Morgan fingerprint density at radius 2 is 0.324 bits per heavy atom. The van der Waals surface area contributed by atoms with Crippen LogP contribution < -0.4 is 0 Å². The van der Waals surface area contributed by atoms with Gasteiger partial charge in [-0.15, -0.1) is 0 Å². The van der Waals surface area contributed by atoms with Gasteiger partial charge in [-0.25, -0.2) is 9.97 Å². The zero-order valence-corrected chi connectivity index (χ0v) is 40.8. The molecule has 0 aliphatic carbocycles. The average Bonchev–Trinajstić information content (AvgIpc) is 3.50. The van der Waals surface area contributed by atoms with Crippen molar-refractivity contribution in [1.29, 1.82) is 0 Å². The summed E-state index contributed by atoms with van der Waals surface area (Å²) in [4.78, 5) is 11.4. The van der Waals surface area contributed by atoms with Gasteiger partial charge in [0, 0.05) is 22.3 Å². The van der Waals surface area contributed by atoms with E-state index in [1.54, 1.807) is 0 Å². The summed E-state index contributed by atoms with van der Waals surface area (Å²) >= 11 is 0. The summed E-state index contributed by atoms with van der Waals surface area (Å²) in [5.74, 6) is 0. The van der Waals surface area contributed by atoms with Crippen LogP contribution in [-0.2, 0) is 0 Å². The van der Waals surface area contributed by atoms with Gasteiger partial charge >= 0.3 is 0 Å². The number of hydrogen-bond donors (Lipinski definition) is 0. The smallest absolute Gasteiger partial charge is 0.0973 e. The van der Waals surface area contributed by atoms with E-state index in [1.165, 1.54) is 33.4 Å². The number of aromatic nitrogens is 2. The van der Waals surface area contributed by atoms with E-state index in [2.05, 4.69) is 292 Å². The maximum absolute atomic E-state index is 5.71. The minimum atomic E-state index is 0.813. The molecule has 0 saturated carbocycles. The molecule has 1 aromatic heterocycles. The molecule has 11 aromatic carbocycles. The summed E-state index contributed by atoms with van der Waals surface area (Å²) in [7, 11) is 0. The predicted molar refractivity (Wildman–Crippen MR) is 312 cm³/mol. The van der Waals surface area contributed by atoms with Crippen molar-refractivity contribution in [1.82, 2.24) is 9.97 Å². The second-order valence-electron chi connectivity index (χ2n) is 18.6. The Bertz CT molecular complexity index is 3830. The lowest BCUT2D eigenvalue weighted by molar-refractivity contribution is 1.21. The third-order valence-electron chi connectivity index (χ3n) is 14.0. The lowest BCUT2D eigenvalue weighted by Gasteiger charge is -2.17. The quantitative estimate of drug-likeness (QED) is 0.122.